The summed E-state index contributed by atoms with van der Waals surface area (Å²) in [6.07, 6.45) is 3.59. The highest BCUT2D eigenvalue weighted by atomic mass is 35.5. The van der Waals surface area contributed by atoms with Crippen molar-refractivity contribution in [3.8, 4) is 11.5 Å². The normalized spacial score (nSPS) is 19.9. The Hall–Kier alpha value is -3.00. The van der Waals surface area contributed by atoms with E-state index in [-0.39, 0.29) is 41.9 Å². The largest absolute Gasteiger partial charge is 0.454 e. The van der Waals surface area contributed by atoms with Crippen LogP contribution >= 0.6 is 11.6 Å². The fraction of sp³-hybridized carbons (Fsp3) is 0.381. The van der Waals surface area contributed by atoms with Gasteiger partial charge in [0.05, 0.1) is 10.5 Å². The standard InChI is InChI=1S/C21H22ClN3O5/c22-14-2-4-15(5-3-14)24-18-7-6-16(25(27)28)10-17(18)21(26)23-11-13-1-8-19-20(9-13)30-12-29-19/h1,6-10,14-15,24H,2-5,11-12H2,(H,23,26)/t14-,15+. The second-order valence-corrected chi connectivity index (χ2v) is 8.07. The number of carbonyl (C=O) groups excluding carboxylic acids is 1. The number of nitrogens with zero attached hydrogens (tertiary/aromatic N) is 1. The number of ether oxygens (including phenoxy) is 2. The van der Waals surface area contributed by atoms with Crippen molar-refractivity contribution in [2.75, 3.05) is 12.1 Å². The maximum atomic E-state index is 12.9. The fourth-order valence-electron chi connectivity index (χ4n) is 3.70. The Morgan fingerprint density at radius 1 is 1.10 bits per heavy atom. The Bertz CT molecular complexity index is 960. The number of nitro benzene ring substituents is 1. The molecule has 1 heterocycles. The Balaban J connectivity index is 1.49. The Morgan fingerprint density at radius 2 is 1.87 bits per heavy atom. The predicted octanol–water partition coefficient (Wildman–Crippen LogP) is 4.22. The minimum absolute atomic E-state index is 0.127. The molecule has 1 fully saturated rings. The summed E-state index contributed by atoms with van der Waals surface area (Å²) in [5, 5.41) is 17.6. The number of nitro groups is 1. The van der Waals surface area contributed by atoms with Gasteiger partial charge in [-0.1, -0.05) is 6.07 Å². The van der Waals surface area contributed by atoms with Crippen LogP contribution in [-0.4, -0.2) is 29.0 Å². The van der Waals surface area contributed by atoms with Gasteiger partial charge in [0.1, 0.15) is 0 Å². The van der Waals surface area contributed by atoms with Gasteiger partial charge >= 0.3 is 0 Å². The number of amides is 1. The van der Waals surface area contributed by atoms with E-state index in [1.165, 1.54) is 12.1 Å². The summed E-state index contributed by atoms with van der Waals surface area (Å²) in [5.74, 6) is 0.918. The van der Waals surface area contributed by atoms with Gasteiger partial charge in [-0.15, -0.1) is 11.6 Å². The molecule has 2 aromatic rings. The van der Waals surface area contributed by atoms with Crippen LogP contribution in [-0.2, 0) is 6.54 Å². The minimum atomic E-state index is -0.503. The summed E-state index contributed by atoms with van der Waals surface area (Å²) in [5.41, 5.74) is 1.55. The molecule has 1 saturated carbocycles. The maximum Gasteiger partial charge on any atom is 0.270 e. The molecule has 0 unspecified atom stereocenters. The number of halogens is 1. The molecule has 1 aliphatic heterocycles. The van der Waals surface area contributed by atoms with E-state index in [2.05, 4.69) is 10.6 Å². The summed E-state index contributed by atoms with van der Waals surface area (Å²) < 4.78 is 10.6. The van der Waals surface area contributed by atoms with Crippen LogP contribution in [0.15, 0.2) is 36.4 Å². The molecule has 0 atom stereocenters. The molecule has 0 radical (unpaired) electrons. The molecular formula is C21H22ClN3O5. The van der Waals surface area contributed by atoms with Gasteiger partial charge in [0.2, 0.25) is 6.79 Å². The lowest BCUT2D eigenvalue weighted by Gasteiger charge is -2.27. The van der Waals surface area contributed by atoms with Crippen molar-refractivity contribution in [2.24, 2.45) is 0 Å². The Labute approximate surface area is 178 Å². The first-order valence-electron chi connectivity index (χ1n) is 9.85. The van der Waals surface area contributed by atoms with Gasteiger partial charge in [-0.25, -0.2) is 0 Å². The summed E-state index contributed by atoms with van der Waals surface area (Å²) in [6, 6.07) is 9.93. The lowest BCUT2D eigenvalue weighted by atomic mass is 9.94. The molecule has 30 heavy (non-hydrogen) atoms. The topological polar surface area (TPSA) is 103 Å². The Morgan fingerprint density at radius 3 is 2.63 bits per heavy atom. The fourth-order valence-corrected chi connectivity index (χ4v) is 3.96. The molecule has 0 aromatic heterocycles. The number of nitrogens with one attached hydrogen (secondary N) is 2. The average Bonchev–Trinajstić information content (AvgIpc) is 3.21. The number of hydrogen-bond donors (Lipinski definition) is 2. The summed E-state index contributed by atoms with van der Waals surface area (Å²) in [4.78, 5) is 23.6. The van der Waals surface area contributed by atoms with Crippen LogP contribution in [0.5, 0.6) is 11.5 Å². The van der Waals surface area contributed by atoms with E-state index in [4.69, 9.17) is 21.1 Å². The highest BCUT2D eigenvalue weighted by molar-refractivity contribution is 6.20. The zero-order valence-electron chi connectivity index (χ0n) is 16.2. The zero-order valence-corrected chi connectivity index (χ0v) is 17.0. The molecule has 0 bridgehead atoms. The van der Waals surface area contributed by atoms with Crippen LogP contribution in [0.3, 0.4) is 0 Å². The van der Waals surface area contributed by atoms with E-state index in [1.807, 2.05) is 6.07 Å². The van der Waals surface area contributed by atoms with E-state index >= 15 is 0 Å². The third-order valence-electron chi connectivity index (χ3n) is 5.36. The van der Waals surface area contributed by atoms with E-state index < -0.39 is 4.92 Å². The molecule has 0 spiro atoms. The van der Waals surface area contributed by atoms with Gasteiger partial charge in [0, 0.05) is 35.8 Å². The number of rotatable bonds is 6. The molecule has 158 valence electrons. The zero-order chi connectivity index (χ0) is 21.1. The maximum absolute atomic E-state index is 12.9. The van der Waals surface area contributed by atoms with Crippen molar-refractivity contribution in [3.63, 3.8) is 0 Å². The number of fused-ring (bicyclic) bond motifs is 1. The second-order valence-electron chi connectivity index (χ2n) is 7.45. The van der Waals surface area contributed by atoms with Crippen LogP contribution in [0.25, 0.3) is 0 Å². The molecule has 1 aliphatic carbocycles. The number of anilines is 1. The lowest BCUT2D eigenvalue weighted by molar-refractivity contribution is -0.384. The number of carbonyl (C=O) groups is 1. The number of alkyl halides is 1. The van der Waals surface area contributed by atoms with E-state index in [0.29, 0.717) is 17.2 Å². The highest BCUT2D eigenvalue weighted by Crippen LogP contribution is 2.32. The molecule has 9 heteroatoms. The van der Waals surface area contributed by atoms with Crippen LogP contribution in [0.2, 0.25) is 0 Å². The number of benzene rings is 2. The molecule has 2 aliphatic rings. The monoisotopic (exact) mass is 431 g/mol. The Kier molecular flexibility index (Phi) is 5.94. The second kappa shape index (κ2) is 8.79. The number of non-ortho nitro benzene ring substituents is 1. The van der Waals surface area contributed by atoms with Crippen LogP contribution < -0.4 is 20.1 Å². The molecule has 2 N–H and O–H groups in total. The number of hydrogen-bond acceptors (Lipinski definition) is 6. The minimum Gasteiger partial charge on any atom is -0.454 e. The quantitative estimate of drug-likeness (QED) is 0.403. The first-order valence-corrected chi connectivity index (χ1v) is 10.3. The third kappa shape index (κ3) is 4.59. The van der Waals surface area contributed by atoms with Crippen LogP contribution in [0.4, 0.5) is 11.4 Å². The first-order chi connectivity index (χ1) is 14.5. The van der Waals surface area contributed by atoms with Crippen LogP contribution in [0, 0.1) is 10.1 Å². The molecular weight excluding hydrogens is 410 g/mol. The van der Waals surface area contributed by atoms with Crippen molar-refractivity contribution < 1.29 is 19.2 Å². The summed E-state index contributed by atoms with van der Waals surface area (Å²) in [6.45, 7) is 0.439. The van der Waals surface area contributed by atoms with Crippen LogP contribution in [0.1, 0.15) is 41.6 Å². The summed E-state index contributed by atoms with van der Waals surface area (Å²) >= 11 is 6.17. The van der Waals surface area contributed by atoms with Gasteiger partial charge in [-0.2, -0.15) is 0 Å². The van der Waals surface area contributed by atoms with Gasteiger partial charge in [0.15, 0.2) is 11.5 Å². The predicted molar refractivity (Wildman–Crippen MR) is 112 cm³/mol. The van der Waals surface area contributed by atoms with Crippen molar-refractivity contribution in [2.45, 2.75) is 43.6 Å². The van der Waals surface area contributed by atoms with Gasteiger partial charge in [-0.05, 0) is 49.4 Å². The smallest absolute Gasteiger partial charge is 0.270 e. The van der Waals surface area contributed by atoms with Crippen molar-refractivity contribution in [1.29, 1.82) is 0 Å². The van der Waals surface area contributed by atoms with Gasteiger partial charge in [-0.3, -0.25) is 14.9 Å². The van der Waals surface area contributed by atoms with Gasteiger partial charge < -0.3 is 20.1 Å². The third-order valence-corrected chi connectivity index (χ3v) is 5.80. The highest BCUT2D eigenvalue weighted by Gasteiger charge is 2.23. The van der Waals surface area contributed by atoms with Crippen molar-refractivity contribution >= 4 is 28.9 Å². The first kappa shape index (κ1) is 20.3. The molecule has 0 saturated heterocycles. The lowest BCUT2D eigenvalue weighted by Crippen LogP contribution is -2.29. The molecule has 8 nitrogen and oxygen atoms in total. The summed E-state index contributed by atoms with van der Waals surface area (Å²) in [7, 11) is 0. The van der Waals surface area contributed by atoms with Gasteiger partial charge in [0.25, 0.3) is 11.6 Å². The van der Waals surface area contributed by atoms with Crippen molar-refractivity contribution in [3.05, 3.63) is 57.6 Å². The van der Waals surface area contributed by atoms with Crippen molar-refractivity contribution in [1.82, 2.24) is 5.32 Å². The van der Waals surface area contributed by atoms with E-state index in [0.717, 1.165) is 31.2 Å². The molecule has 2 aromatic carbocycles. The van der Waals surface area contributed by atoms with E-state index in [1.54, 1.807) is 18.2 Å². The molecule has 1 amide bonds. The SMILES string of the molecule is O=C(NCc1ccc2c(c1)OCO2)c1cc([N+](=O)[O-])ccc1N[C@H]1CC[C@@H](Cl)CC1. The average molecular weight is 432 g/mol. The van der Waals surface area contributed by atoms with E-state index in [9.17, 15) is 14.9 Å². The molecule has 4 rings (SSSR count).